The maximum absolute atomic E-state index is 12.6. The van der Waals surface area contributed by atoms with Gasteiger partial charge in [-0.2, -0.15) is 5.26 Å². The van der Waals surface area contributed by atoms with Crippen LogP contribution in [0.5, 0.6) is 23.0 Å². The lowest BCUT2D eigenvalue weighted by Crippen LogP contribution is -2.20. The second-order valence-electron chi connectivity index (χ2n) is 5.39. The maximum Gasteiger partial charge on any atom is 0.255 e. The Morgan fingerprint density at radius 3 is 2.36 bits per heavy atom. The highest BCUT2D eigenvalue weighted by Crippen LogP contribution is 2.38. The smallest absolute Gasteiger partial charge is 0.255 e. The number of nitrogens with two attached hydrogens (primary N) is 1. The predicted octanol–water partition coefficient (Wildman–Crippen LogP) is 1.72. The highest BCUT2D eigenvalue weighted by molar-refractivity contribution is 6.05. The number of ether oxygens (including phenoxy) is 4. The molecule has 3 N–H and O–H groups in total. The summed E-state index contributed by atoms with van der Waals surface area (Å²) in [4.78, 5) is 23.6. The molecular weight excluding hydrogens is 366 g/mol. The Morgan fingerprint density at radius 1 is 1.11 bits per heavy atom. The predicted molar refractivity (Wildman–Crippen MR) is 99.7 cm³/mol. The van der Waals surface area contributed by atoms with Crippen molar-refractivity contribution in [1.82, 2.24) is 0 Å². The van der Waals surface area contributed by atoms with E-state index in [4.69, 9.17) is 29.9 Å². The minimum Gasteiger partial charge on any atom is -0.493 e. The highest BCUT2D eigenvalue weighted by atomic mass is 16.5. The fourth-order valence-electron chi connectivity index (χ4n) is 2.28. The Hall–Kier alpha value is -3.93. The monoisotopic (exact) mass is 385 g/mol. The van der Waals surface area contributed by atoms with E-state index in [-0.39, 0.29) is 36.0 Å². The number of amides is 2. The first-order chi connectivity index (χ1) is 13.5. The summed E-state index contributed by atoms with van der Waals surface area (Å²) in [7, 11) is 2.78. The molecule has 0 aliphatic heterocycles. The molecule has 2 rings (SSSR count). The molecule has 0 heterocycles. The van der Waals surface area contributed by atoms with Crippen LogP contribution in [0.1, 0.15) is 10.4 Å². The molecule has 0 saturated heterocycles. The second-order valence-corrected chi connectivity index (χ2v) is 5.39. The van der Waals surface area contributed by atoms with E-state index < -0.39 is 11.8 Å². The normalized spacial score (nSPS) is 9.75. The van der Waals surface area contributed by atoms with Gasteiger partial charge in [0.25, 0.3) is 11.8 Å². The van der Waals surface area contributed by atoms with E-state index in [1.165, 1.54) is 26.4 Å². The molecule has 9 heteroatoms. The van der Waals surface area contributed by atoms with Gasteiger partial charge in [0, 0.05) is 17.3 Å². The molecule has 0 spiro atoms. The van der Waals surface area contributed by atoms with E-state index in [9.17, 15) is 9.59 Å². The Balaban J connectivity index is 2.25. The molecule has 0 radical (unpaired) electrons. The number of nitrogens with zero attached hydrogens (tertiary/aromatic N) is 1. The van der Waals surface area contributed by atoms with Crippen molar-refractivity contribution in [3.63, 3.8) is 0 Å². The third kappa shape index (κ3) is 5.28. The Morgan fingerprint density at radius 2 is 1.79 bits per heavy atom. The second kappa shape index (κ2) is 9.68. The van der Waals surface area contributed by atoms with Gasteiger partial charge in [-0.25, -0.2) is 0 Å². The molecule has 0 aliphatic rings. The molecule has 0 unspecified atom stereocenters. The summed E-state index contributed by atoms with van der Waals surface area (Å²) < 4.78 is 21.0. The molecule has 0 aliphatic carbocycles. The van der Waals surface area contributed by atoms with Gasteiger partial charge in [0.15, 0.2) is 24.7 Å². The first kappa shape index (κ1) is 20.4. The van der Waals surface area contributed by atoms with Crippen LogP contribution in [0.15, 0.2) is 36.4 Å². The van der Waals surface area contributed by atoms with Crippen molar-refractivity contribution in [2.45, 2.75) is 0 Å². The summed E-state index contributed by atoms with van der Waals surface area (Å²) in [6.07, 6.45) is 0. The van der Waals surface area contributed by atoms with Crippen molar-refractivity contribution in [1.29, 1.82) is 5.26 Å². The van der Waals surface area contributed by atoms with Crippen LogP contribution in [0.3, 0.4) is 0 Å². The van der Waals surface area contributed by atoms with Gasteiger partial charge in [0.05, 0.1) is 14.2 Å². The van der Waals surface area contributed by atoms with E-state index in [2.05, 4.69) is 5.32 Å². The number of nitriles is 1. The number of hydrogen-bond donors (Lipinski definition) is 2. The Kier molecular flexibility index (Phi) is 7.05. The molecule has 0 fully saturated rings. The van der Waals surface area contributed by atoms with Crippen molar-refractivity contribution in [2.75, 3.05) is 32.8 Å². The Labute approximate surface area is 161 Å². The lowest BCUT2D eigenvalue weighted by molar-refractivity contribution is -0.120. The zero-order valence-corrected chi connectivity index (χ0v) is 15.4. The zero-order valence-electron chi connectivity index (χ0n) is 15.4. The molecule has 2 amide bonds. The van der Waals surface area contributed by atoms with Gasteiger partial charge in [0.1, 0.15) is 11.8 Å². The molecule has 0 aromatic heterocycles. The van der Waals surface area contributed by atoms with Crippen LogP contribution >= 0.6 is 0 Å². The van der Waals surface area contributed by atoms with Gasteiger partial charge < -0.3 is 30.0 Å². The number of methoxy groups -OCH3 is 2. The highest BCUT2D eigenvalue weighted by Gasteiger charge is 2.18. The summed E-state index contributed by atoms with van der Waals surface area (Å²) in [6.45, 7) is -0.466. The standard InChI is InChI=1S/C19H19N3O6/c1-25-15-8-12(9-16(26-2)18(15)28-11-17(21)23)19(24)22-13-4-3-5-14(10-13)27-7-6-20/h3-5,8-10H,7,11H2,1-2H3,(H2,21,23)(H,22,24). The van der Waals surface area contributed by atoms with Crippen LogP contribution in [0.25, 0.3) is 0 Å². The minimum atomic E-state index is -0.663. The van der Waals surface area contributed by atoms with Crippen LogP contribution in [-0.2, 0) is 4.79 Å². The van der Waals surface area contributed by atoms with Crippen LogP contribution < -0.4 is 30.0 Å². The molecule has 2 aromatic carbocycles. The van der Waals surface area contributed by atoms with Gasteiger partial charge in [0.2, 0.25) is 5.75 Å². The molecule has 9 nitrogen and oxygen atoms in total. The van der Waals surface area contributed by atoms with Gasteiger partial charge in [-0.3, -0.25) is 9.59 Å². The minimum absolute atomic E-state index is 0.0986. The third-order valence-corrected chi connectivity index (χ3v) is 3.48. The summed E-state index contributed by atoms with van der Waals surface area (Å²) in [5.41, 5.74) is 5.81. The van der Waals surface area contributed by atoms with Crippen LogP contribution in [0.4, 0.5) is 5.69 Å². The lowest BCUT2D eigenvalue weighted by Gasteiger charge is -2.15. The first-order valence-electron chi connectivity index (χ1n) is 8.06. The molecule has 0 atom stereocenters. The summed E-state index contributed by atoms with van der Waals surface area (Å²) >= 11 is 0. The van der Waals surface area contributed by atoms with Crippen molar-refractivity contribution in [3.05, 3.63) is 42.0 Å². The quantitative estimate of drug-likeness (QED) is 0.671. The molecule has 146 valence electrons. The van der Waals surface area contributed by atoms with Crippen LogP contribution in [0, 0.1) is 11.3 Å². The van der Waals surface area contributed by atoms with E-state index in [0.717, 1.165) is 0 Å². The maximum atomic E-state index is 12.6. The molecular formula is C19H19N3O6. The van der Waals surface area contributed by atoms with Crippen LogP contribution in [0.2, 0.25) is 0 Å². The van der Waals surface area contributed by atoms with Gasteiger partial charge in [-0.1, -0.05) is 6.07 Å². The number of hydrogen-bond acceptors (Lipinski definition) is 7. The van der Waals surface area contributed by atoms with E-state index in [1.807, 2.05) is 6.07 Å². The van der Waals surface area contributed by atoms with Crippen molar-refractivity contribution >= 4 is 17.5 Å². The first-order valence-corrected chi connectivity index (χ1v) is 8.06. The van der Waals surface area contributed by atoms with Gasteiger partial charge in [-0.05, 0) is 24.3 Å². The number of carbonyl (C=O) groups is 2. The number of anilines is 1. The molecule has 28 heavy (non-hydrogen) atoms. The molecule has 0 saturated carbocycles. The third-order valence-electron chi connectivity index (χ3n) is 3.48. The average molecular weight is 385 g/mol. The van der Waals surface area contributed by atoms with E-state index in [1.54, 1.807) is 24.3 Å². The number of benzene rings is 2. The topological polar surface area (TPSA) is 133 Å². The number of carbonyl (C=O) groups excluding carboxylic acids is 2. The fraction of sp³-hybridized carbons (Fsp3) is 0.211. The van der Waals surface area contributed by atoms with Crippen molar-refractivity contribution in [2.24, 2.45) is 5.73 Å². The number of primary amides is 1. The zero-order chi connectivity index (χ0) is 20.5. The summed E-state index contributed by atoms with van der Waals surface area (Å²) in [5.74, 6) is -0.0782. The summed E-state index contributed by atoms with van der Waals surface area (Å²) in [5, 5.41) is 11.3. The van der Waals surface area contributed by atoms with Gasteiger partial charge in [-0.15, -0.1) is 0 Å². The van der Waals surface area contributed by atoms with E-state index in [0.29, 0.717) is 11.4 Å². The lowest BCUT2D eigenvalue weighted by atomic mass is 10.1. The van der Waals surface area contributed by atoms with Crippen molar-refractivity contribution in [3.8, 4) is 29.1 Å². The average Bonchev–Trinajstić information content (AvgIpc) is 2.70. The Bertz CT molecular complexity index is 882. The molecule has 2 aromatic rings. The summed E-state index contributed by atoms with van der Waals surface area (Å²) in [6, 6.07) is 11.4. The largest absolute Gasteiger partial charge is 0.493 e. The fourth-order valence-corrected chi connectivity index (χ4v) is 2.28. The number of nitrogens with one attached hydrogen (secondary N) is 1. The van der Waals surface area contributed by atoms with Crippen molar-refractivity contribution < 1.29 is 28.5 Å². The SMILES string of the molecule is COc1cc(C(=O)Nc2cccc(OCC#N)c2)cc(OC)c1OCC(N)=O. The van der Waals surface area contributed by atoms with Gasteiger partial charge >= 0.3 is 0 Å². The van der Waals surface area contributed by atoms with E-state index >= 15 is 0 Å². The molecule has 0 bridgehead atoms. The van der Waals surface area contributed by atoms with Crippen LogP contribution in [-0.4, -0.2) is 39.2 Å². The number of rotatable bonds is 9.